The summed E-state index contributed by atoms with van der Waals surface area (Å²) < 4.78 is 11.2. The van der Waals surface area contributed by atoms with Gasteiger partial charge in [-0.05, 0) is 12.8 Å². The lowest BCUT2D eigenvalue weighted by Gasteiger charge is -2.40. The van der Waals surface area contributed by atoms with Crippen molar-refractivity contribution < 1.29 is 44.9 Å². The molecule has 1 heterocycles. The van der Waals surface area contributed by atoms with Gasteiger partial charge in [0.2, 0.25) is 5.91 Å². The molecule has 1 saturated heterocycles. The van der Waals surface area contributed by atoms with E-state index in [0.717, 1.165) is 38.5 Å². The zero-order valence-corrected chi connectivity index (χ0v) is 35.6. The number of hydrogen-bond acceptors (Lipinski definition) is 9. The summed E-state index contributed by atoms with van der Waals surface area (Å²) in [4.78, 5) is 13.0. The summed E-state index contributed by atoms with van der Waals surface area (Å²) in [5, 5.41) is 65.1. The van der Waals surface area contributed by atoms with Gasteiger partial charge < -0.3 is 45.4 Å². The highest BCUT2D eigenvalue weighted by Gasteiger charge is 2.44. The molecule has 2 unspecified atom stereocenters. The number of rotatable bonds is 39. The van der Waals surface area contributed by atoms with Crippen LogP contribution in [0.4, 0.5) is 0 Å². The van der Waals surface area contributed by atoms with Crippen LogP contribution in [-0.2, 0) is 14.3 Å². The molecule has 0 saturated carbocycles. The summed E-state index contributed by atoms with van der Waals surface area (Å²) in [6.45, 7) is 3.62. The zero-order chi connectivity index (χ0) is 40.4. The summed E-state index contributed by atoms with van der Waals surface area (Å²) in [6.07, 6.45) is 28.2. The summed E-state index contributed by atoms with van der Waals surface area (Å²) in [5.41, 5.74) is 0. The van der Waals surface area contributed by atoms with Crippen molar-refractivity contribution in [3.05, 3.63) is 0 Å². The Balaban J connectivity index is 2.37. The van der Waals surface area contributed by atoms with Crippen LogP contribution in [0.5, 0.6) is 0 Å². The molecule has 0 radical (unpaired) electrons. The molecule has 1 rings (SSSR count). The molecule has 7 N–H and O–H groups in total. The molecule has 0 spiro atoms. The van der Waals surface area contributed by atoms with Gasteiger partial charge in [0, 0.05) is 6.42 Å². The average molecular weight is 788 g/mol. The Morgan fingerprint density at radius 3 is 1.35 bits per heavy atom. The molecule has 0 aliphatic carbocycles. The number of carbonyl (C=O) groups is 1. The minimum atomic E-state index is -1.60. The van der Waals surface area contributed by atoms with E-state index in [1.54, 1.807) is 0 Å². The van der Waals surface area contributed by atoms with Crippen LogP contribution in [0.2, 0.25) is 0 Å². The molecule has 10 nitrogen and oxygen atoms in total. The van der Waals surface area contributed by atoms with E-state index in [2.05, 4.69) is 19.2 Å². The minimum Gasteiger partial charge on any atom is -0.394 e. The number of carbonyl (C=O) groups excluding carboxylic acids is 1. The van der Waals surface area contributed by atoms with E-state index in [-0.39, 0.29) is 18.9 Å². The molecule has 0 aromatic heterocycles. The van der Waals surface area contributed by atoms with Crippen molar-refractivity contribution in [1.82, 2.24) is 5.32 Å². The van der Waals surface area contributed by atoms with Crippen molar-refractivity contribution in [2.45, 2.75) is 268 Å². The molecule has 0 bridgehead atoms. The molecule has 55 heavy (non-hydrogen) atoms. The van der Waals surface area contributed by atoms with Gasteiger partial charge in [0.05, 0.1) is 25.4 Å². The summed E-state index contributed by atoms with van der Waals surface area (Å²) in [6, 6.07) is -0.984. The summed E-state index contributed by atoms with van der Waals surface area (Å²) >= 11 is 0. The van der Waals surface area contributed by atoms with Crippen LogP contribution in [0.3, 0.4) is 0 Å². The Morgan fingerprint density at radius 2 is 0.945 bits per heavy atom. The molecular weight excluding hydrogens is 698 g/mol. The Hall–Kier alpha value is -0.850. The van der Waals surface area contributed by atoms with Crippen LogP contribution >= 0.6 is 0 Å². The number of nitrogens with one attached hydrogen (secondary N) is 1. The summed E-state index contributed by atoms with van der Waals surface area (Å²) in [5.74, 6) is -0.254. The fourth-order valence-corrected chi connectivity index (χ4v) is 7.73. The number of aliphatic hydroxyl groups is 6. The minimum absolute atomic E-state index is 0.254. The van der Waals surface area contributed by atoms with E-state index in [9.17, 15) is 35.4 Å². The third-order valence-electron chi connectivity index (χ3n) is 11.6. The first-order valence-electron chi connectivity index (χ1n) is 23.3. The quantitative estimate of drug-likeness (QED) is 0.0302. The van der Waals surface area contributed by atoms with Gasteiger partial charge in [-0.2, -0.15) is 0 Å². The molecule has 1 aliphatic rings. The average Bonchev–Trinajstić information content (AvgIpc) is 3.18. The van der Waals surface area contributed by atoms with E-state index in [4.69, 9.17) is 9.47 Å². The van der Waals surface area contributed by atoms with E-state index in [1.807, 2.05) is 0 Å². The van der Waals surface area contributed by atoms with E-state index in [1.165, 1.54) is 154 Å². The highest BCUT2D eigenvalue weighted by molar-refractivity contribution is 5.76. The zero-order valence-electron chi connectivity index (χ0n) is 35.6. The topological polar surface area (TPSA) is 169 Å². The first-order valence-corrected chi connectivity index (χ1v) is 23.3. The predicted octanol–water partition coefficient (Wildman–Crippen LogP) is 8.53. The second kappa shape index (κ2) is 36.2. The molecule has 8 atom stereocenters. The smallest absolute Gasteiger partial charge is 0.220 e. The van der Waals surface area contributed by atoms with Gasteiger partial charge >= 0.3 is 0 Å². The molecule has 1 aliphatic heterocycles. The monoisotopic (exact) mass is 788 g/mol. The maximum Gasteiger partial charge on any atom is 0.220 e. The SMILES string of the molecule is CCCCCCCCCCCCCCCCCCCC(=O)N[C@@H](CO[C@@H]1O[C@H](CO)[C@@H](O)C(O)C1O)[C@H](O)[C@H](O)CCCCCCCCCCCCCCC. The number of amides is 1. The normalized spacial score (nSPS) is 21.8. The van der Waals surface area contributed by atoms with Crippen LogP contribution in [0.1, 0.15) is 219 Å². The number of aliphatic hydroxyl groups excluding tert-OH is 6. The maximum atomic E-state index is 13.0. The largest absolute Gasteiger partial charge is 0.394 e. The lowest BCUT2D eigenvalue weighted by Crippen LogP contribution is -2.60. The molecule has 0 aromatic carbocycles. The van der Waals surface area contributed by atoms with Gasteiger partial charge in [0.15, 0.2) is 6.29 Å². The van der Waals surface area contributed by atoms with Crippen molar-refractivity contribution in [3.63, 3.8) is 0 Å². The second-order valence-corrected chi connectivity index (χ2v) is 16.7. The standard InChI is InChI=1S/C45H89NO9/c1-3-5-7-9-11-13-15-17-18-19-20-22-24-26-28-30-32-34-40(49)46-37(36-54-45-44(53)43(52)42(51)39(35-47)55-45)41(50)38(48)33-31-29-27-25-23-21-16-14-12-10-8-6-4-2/h37-39,41-45,47-48,50-53H,3-36H2,1-2H3,(H,46,49)/t37-,38+,39+,41-,42+,43?,44?,45+/m0/s1. The molecule has 0 aromatic rings. The lowest BCUT2D eigenvalue weighted by atomic mass is 9.98. The molecule has 10 heteroatoms. The first kappa shape index (κ1) is 52.2. The van der Waals surface area contributed by atoms with Crippen molar-refractivity contribution >= 4 is 5.91 Å². The van der Waals surface area contributed by atoms with Gasteiger partial charge in [0.1, 0.15) is 30.5 Å². The fourth-order valence-electron chi connectivity index (χ4n) is 7.73. The van der Waals surface area contributed by atoms with Gasteiger partial charge in [0.25, 0.3) is 0 Å². The third kappa shape index (κ3) is 26.7. The first-order chi connectivity index (χ1) is 26.8. The Labute approximate surface area is 336 Å². The van der Waals surface area contributed by atoms with Crippen molar-refractivity contribution in [3.8, 4) is 0 Å². The van der Waals surface area contributed by atoms with Crippen LogP contribution < -0.4 is 5.32 Å². The van der Waals surface area contributed by atoms with Crippen molar-refractivity contribution in [2.75, 3.05) is 13.2 Å². The fraction of sp³-hybridized carbons (Fsp3) is 0.978. The third-order valence-corrected chi connectivity index (χ3v) is 11.6. The Bertz CT molecular complexity index is 849. The molecular formula is C45H89NO9. The highest BCUT2D eigenvalue weighted by atomic mass is 16.7. The van der Waals surface area contributed by atoms with Gasteiger partial charge in [-0.3, -0.25) is 4.79 Å². The predicted molar refractivity (Wildman–Crippen MR) is 223 cm³/mol. The van der Waals surface area contributed by atoms with Crippen LogP contribution in [0.25, 0.3) is 0 Å². The van der Waals surface area contributed by atoms with Crippen LogP contribution in [0.15, 0.2) is 0 Å². The van der Waals surface area contributed by atoms with E-state index < -0.39 is 55.6 Å². The number of hydrogen-bond donors (Lipinski definition) is 7. The lowest BCUT2D eigenvalue weighted by molar-refractivity contribution is -0.303. The van der Waals surface area contributed by atoms with Crippen molar-refractivity contribution in [1.29, 1.82) is 0 Å². The van der Waals surface area contributed by atoms with Crippen LogP contribution in [0, 0.1) is 0 Å². The molecule has 1 amide bonds. The maximum absolute atomic E-state index is 13.0. The van der Waals surface area contributed by atoms with E-state index >= 15 is 0 Å². The van der Waals surface area contributed by atoms with Gasteiger partial charge in [-0.15, -0.1) is 0 Å². The number of unbranched alkanes of at least 4 members (excludes halogenated alkanes) is 28. The van der Waals surface area contributed by atoms with Gasteiger partial charge in [-0.25, -0.2) is 0 Å². The summed E-state index contributed by atoms with van der Waals surface area (Å²) in [7, 11) is 0. The highest BCUT2D eigenvalue weighted by Crippen LogP contribution is 2.23. The van der Waals surface area contributed by atoms with Gasteiger partial charge in [-0.1, -0.05) is 200 Å². The van der Waals surface area contributed by atoms with Crippen molar-refractivity contribution in [2.24, 2.45) is 0 Å². The van der Waals surface area contributed by atoms with Crippen LogP contribution in [-0.4, -0.2) is 98.7 Å². The Morgan fingerprint density at radius 1 is 0.564 bits per heavy atom. The Kier molecular flexibility index (Phi) is 34.4. The van der Waals surface area contributed by atoms with E-state index in [0.29, 0.717) is 6.42 Å². The molecule has 328 valence electrons. The molecule has 1 fully saturated rings. The number of ether oxygens (including phenoxy) is 2. The second-order valence-electron chi connectivity index (χ2n) is 16.7.